The molecule has 0 saturated carbocycles. The number of amides is 1. The second-order valence-corrected chi connectivity index (χ2v) is 5.49. The minimum Gasteiger partial charge on any atom is -0.475 e. The van der Waals surface area contributed by atoms with E-state index in [2.05, 4.69) is 15.3 Å². The van der Waals surface area contributed by atoms with Gasteiger partial charge in [-0.05, 0) is 23.8 Å². The summed E-state index contributed by atoms with van der Waals surface area (Å²) in [6.07, 6.45) is 3.52. The fourth-order valence-electron chi connectivity index (χ4n) is 2.49. The van der Waals surface area contributed by atoms with E-state index in [4.69, 9.17) is 4.74 Å². The Balaban J connectivity index is 1.76. The van der Waals surface area contributed by atoms with Crippen molar-refractivity contribution >= 4 is 11.6 Å². The lowest BCUT2D eigenvalue weighted by molar-refractivity contribution is -0.386. The van der Waals surface area contributed by atoms with Crippen molar-refractivity contribution in [2.75, 3.05) is 14.2 Å². The molecule has 2 aromatic heterocycles. The standard InChI is InChI=1S/C16H16N6O4/c1-20(16(23)13-14(22(24)25)15(26-2)19-18-13)10-11-4-6-12(7-5-11)21-9-3-8-17-21/h3-9H,10H2,1-2H3,(H,18,19). The third kappa shape index (κ3) is 3.24. The number of hydrogen-bond acceptors (Lipinski definition) is 6. The third-order valence-electron chi connectivity index (χ3n) is 3.77. The van der Waals surface area contributed by atoms with E-state index in [-0.39, 0.29) is 18.1 Å². The minimum absolute atomic E-state index is 0.220. The SMILES string of the molecule is COc1n[nH]c(C(=O)N(C)Cc2ccc(-n3cccn3)cc2)c1[N+](=O)[O-]. The zero-order valence-electron chi connectivity index (χ0n) is 14.1. The van der Waals surface area contributed by atoms with Crippen molar-refractivity contribution in [2.45, 2.75) is 6.54 Å². The van der Waals surface area contributed by atoms with Gasteiger partial charge in [0.15, 0.2) is 0 Å². The minimum atomic E-state index is -0.692. The predicted molar refractivity (Wildman–Crippen MR) is 91.2 cm³/mol. The number of methoxy groups -OCH3 is 1. The van der Waals surface area contributed by atoms with Crippen LogP contribution in [0.25, 0.3) is 5.69 Å². The molecule has 0 atom stereocenters. The Labute approximate surface area is 148 Å². The maximum Gasteiger partial charge on any atom is 0.362 e. The number of benzene rings is 1. The largest absolute Gasteiger partial charge is 0.475 e. The summed E-state index contributed by atoms with van der Waals surface area (Å²) in [5.41, 5.74) is 1.06. The van der Waals surface area contributed by atoms with Gasteiger partial charge < -0.3 is 9.64 Å². The Bertz CT molecular complexity index is 917. The number of nitro groups is 1. The summed E-state index contributed by atoms with van der Waals surface area (Å²) in [5.74, 6) is -0.779. The van der Waals surface area contributed by atoms with Crippen molar-refractivity contribution in [1.29, 1.82) is 0 Å². The first-order valence-electron chi connectivity index (χ1n) is 7.62. The Morgan fingerprint density at radius 2 is 2.12 bits per heavy atom. The number of aromatic amines is 1. The molecule has 134 valence electrons. The van der Waals surface area contributed by atoms with Crippen LogP contribution in [0.2, 0.25) is 0 Å². The maximum atomic E-state index is 12.5. The lowest BCUT2D eigenvalue weighted by Gasteiger charge is -2.16. The first-order valence-corrected chi connectivity index (χ1v) is 7.62. The van der Waals surface area contributed by atoms with Gasteiger partial charge in [0.1, 0.15) is 0 Å². The fraction of sp³-hybridized carbons (Fsp3) is 0.188. The van der Waals surface area contributed by atoms with Crippen LogP contribution in [0, 0.1) is 10.1 Å². The monoisotopic (exact) mass is 356 g/mol. The van der Waals surface area contributed by atoms with E-state index in [9.17, 15) is 14.9 Å². The highest BCUT2D eigenvalue weighted by molar-refractivity contribution is 5.96. The van der Waals surface area contributed by atoms with Crippen molar-refractivity contribution in [3.63, 3.8) is 0 Å². The van der Waals surface area contributed by atoms with E-state index in [1.54, 1.807) is 17.9 Å². The summed E-state index contributed by atoms with van der Waals surface area (Å²) >= 11 is 0. The normalized spacial score (nSPS) is 10.5. The predicted octanol–water partition coefficient (Wildman–Crippen LogP) is 1.78. The van der Waals surface area contributed by atoms with Gasteiger partial charge in [0, 0.05) is 26.0 Å². The zero-order chi connectivity index (χ0) is 18.7. The molecule has 0 aliphatic heterocycles. The molecule has 0 unspecified atom stereocenters. The smallest absolute Gasteiger partial charge is 0.362 e. The lowest BCUT2D eigenvalue weighted by Crippen LogP contribution is -2.27. The zero-order valence-corrected chi connectivity index (χ0v) is 14.1. The Kier molecular flexibility index (Phi) is 4.65. The number of carbonyl (C=O) groups excluding carboxylic acids is 1. The van der Waals surface area contributed by atoms with Gasteiger partial charge in [0.2, 0.25) is 5.69 Å². The number of carbonyl (C=O) groups is 1. The molecular formula is C16H16N6O4. The van der Waals surface area contributed by atoms with Gasteiger partial charge >= 0.3 is 11.6 Å². The van der Waals surface area contributed by atoms with Gasteiger partial charge in [-0.15, -0.1) is 5.10 Å². The first kappa shape index (κ1) is 17.1. The van der Waals surface area contributed by atoms with Crippen LogP contribution in [0.3, 0.4) is 0 Å². The highest BCUT2D eigenvalue weighted by Gasteiger charge is 2.31. The molecule has 2 heterocycles. The molecule has 0 radical (unpaired) electrons. The van der Waals surface area contributed by atoms with Crippen LogP contribution in [-0.4, -0.2) is 49.9 Å². The van der Waals surface area contributed by atoms with Crippen molar-refractivity contribution in [1.82, 2.24) is 24.9 Å². The molecule has 1 amide bonds. The molecule has 0 fully saturated rings. The van der Waals surface area contributed by atoms with E-state index in [0.717, 1.165) is 11.3 Å². The quantitative estimate of drug-likeness (QED) is 0.531. The summed E-state index contributed by atoms with van der Waals surface area (Å²) in [7, 11) is 2.81. The van der Waals surface area contributed by atoms with Crippen molar-refractivity contribution in [3.8, 4) is 11.6 Å². The maximum absolute atomic E-state index is 12.5. The molecule has 0 spiro atoms. The van der Waals surface area contributed by atoms with Gasteiger partial charge in [0.05, 0.1) is 17.7 Å². The Morgan fingerprint density at radius 3 is 2.69 bits per heavy atom. The number of nitrogens with one attached hydrogen (secondary N) is 1. The molecule has 26 heavy (non-hydrogen) atoms. The third-order valence-corrected chi connectivity index (χ3v) is 3.77. The van der Waals surface area contributed by atoms with E-state index in [1.807, 2.05) is 36.5 Å². The average molecular weight is 356 g/mol. The summed E-state index contributed by atoms with van der Waals surface area (Å²) in [6.45, 7) is 0.275. The van der Waals surface area contributed by atoms with Crippen LogP contribution in [0.15, 0.2) is 42.7 Å². The topological polar surface area (TPSA) is 119 Å². The molecule has 3 aromatic rings. The van der Waals surface area contributed by atoms with E-state index in [0.29, 0.717) is 0 Å². The molecule has 10 heteroatoms. The second-order valence-electron chi connectivity index (χ2n) is 5.49. The number of H-pyrrole nitrogens is 1. The lowest BCUT2D eigenvalue weighted by atomic mass is 10.2. The summed E-state index contributed by atoms with van der Waals surface area (Å²) in [5, 5.41) is 21.4. The Morgan fingerprint density at radius 1 is 1.38 bits per heavy atom. The van der Waals surface area contributed by atoms with Crippen LogP contribution in [0.4, 0.5) is 5.69 Å². The van der Waals surface area contributed by atoms with Crippen LogP contribution in [-0.2, 0) is 6.54 Å². The molecule has 0 bridgehead atoms. The van der Waals surface area contributed by atoms with Gasteiger partial charge in [-0.2, -0.15) is 5.10 Å². The molecule has 10 nitrogen and oxygen atoms in total. The number of rotatable bonds is 6. The Hall–Kier alpha value is -3.69. The highest BCUT2D eigenvalue weighted by atomic mass is 16.6. The summed E-state index contributed by atoms with van der Waals surface area (Å²) in [6, 6.07) is 9.31. The van der Waals surface area contributed by atoms with Crippen molar-refractivity contribution in [3.05, 3.63) is 64.1 Å². The van der Waals surface area contributed by atoms with Crippen LogP contribution >= 0.6 is 0 Å². The van der Waals surface area contributed by atoms with Gasteiger partial charge in [-0.1, -0.05) is 12.1 Å². The van der Waals surface area contributed by atoms with Gasteiger partial charge in [-0.3, -0.25) is 20.0 Å². The summed E-state index contributed by atoms with van der Waals surface area (Å²) < 4.78 is 6.54. The number of hydrogen-bond donors (Lipinski definition) is 1. The van der Waals surface area contributed by atoms with Crippen LogP contribution in [0.5, 0.6) is 5.88 Å². The molecule has 1 aromatic carbocycles. The molecule has 1 N–H and O–H groups in total. The molecule has 3 rings (SSSR count). The molecular weight excluding hydrogens is 340 g/mol. The van der Waals surface area contributed by atoms with Gasteiger partial charge in [-0.25, -0.2) is 4.68 Å². The average Bonchev–Trinajstić information content (AvgIpc) is 3.31. The number of nitrogens with zero attached hydrogens (tertiary/aromatic N) is 5. The van der Waals surface area contributed by atoms with E-state index >= 15 is 0 Å². The van der Waals surface area contributed by atoms with Crippen LogP contribution < -0.4 is 4.74 Å². The van der Waals surface area contributed by atoms with Crippen LogP contribution in [0.1, 0.15) is 16.1 Å². The number of aromatic nitrogens is 4. The summed E-state index contributed by atoms with van der Waals surface area (Å²) in [4.78, 5) is 24.4. The molecule has 0 aliphatic carbocycles. The highest BCUT2D eigenvalue weighted by Crippen LogP contribution is 2.28. The second kappa shape index (κ2) is 7.05. The van der Waals surface area contributed by atoms with Gasteiger partial charge in [0.25, 0.3) is 5.91 Å². The van der Waals surface area contributed by atoms with E-state index in [1.165, 1.54) is 12.0 Å². The van der Waals surface area contributed by atoms with E-state index < -0.39 is 16.5 Å². The van der Waals surface area contributed by atoms with Crippen molar-refractivity contribution < 1.29 is 14.5 Å². The fourth-order valence-corrected chi connectivity index (χ4v) is 2.49. The number of ether oxygens (including phenoxy) is 1. The molecule has 0 saturated heterocycles. The van der Waals surface area contributed by atoms with Crippen molar-refractivity contribution in [2.24, 2.45) is 0 Å². The molecule has 0 aliphatic rings. The first-order chi connectivity index (χ1) is 12.5.